The Hall–Kier alpha value is -8.93. The van der Waals surface area contributed by atoms with Crippen LogP contribution >= 0.6 is 0 Å². The number of fused-ring (bicyclic) bond motifs is 9. The van der Waals surface area contributed by atoms with Gasteiger partial charge in [0.1, 0.15) is 24.1 Å². The highest BCUT2D eigenvalue weighted by Gasteiger charge is 2.21. The number of aromatic nitrogens is 6. The van der Waals surface area contributed by atoms with E-state index in [1.807, 2.05) is 66.7 Å². The highest BCUT2D eigenvalue weighted by Crippen LogP contribution is 2.35. The summed E-state index contributed by atoms with van der Waals surface area (Å²) in [6, 6.07) is 40.5. The second kappa shape index (κ2) is 22.9. The fourth-order valence-electron chi connectivity index (χ4n) is 9.05. The van der Waals surface area contributed by atoms with E-state index < -0.39 is 0 Å². The number of ether oxygens (including phenoxy) is 1. The molecule has 1 N–H and O–H groups in total. The average molecular weight is 1040 g/mol. The van der Waals surface area contributed by atoms with Gasteiger partial charge in [0.25, 0.3) is 11.1 Å². The lowest BCUT2D eigenvalue weighted by Gasteiger charge is -2.19. The SMILES string of the molecule is CCN(CC)CCOc1nc2ccccc2c2oc(-c3ccc(F)cc3)nc12.CCN(CC)CCn1c(=O)c2nc(-c3ccc(F)cc3)oc2c2ccccc21.O=c1[nH]c2ccccc2c2oc(-c3ccc(F)cc3)nc12. The molecule has 0 saturated heterocycles. The number of halogens is 3. The summed E-state index contributed by atoms with van der Waals surface area (Å²) < 4.78 is 65.0. The Morgan fingerprint density at radius 2 is 0.961 bits per heavy atom. The number of H-pyrrole nitrogens is 1. The van der Waals surface area contributed by atoms with Crippen molar-refractivity contribution < 1.29 is 31.2 Å². The van der Waals surface area contributed by atoms with Crippen LogP contribution in [0.4, 0.5) is 13.2 Å². The summed E-state index contributed by atoms with van der Waals surface area (Å²) in [4.78, 5) is 50.5. The van der Waals surface area contributed by atoms with Crippen molar-refractivity contribution in [2.75, 3.05) is 45.9 Å². The lowest BCUT2D eigenvalue weighted by atomic mass is 10.2. The van der Waals surface area contributed by atoms with Crippen LogP contribution in [0, 0.1) is 17.5 Å². The molecule has 0 aliphatic rings. The first-order valence-corrected chi connectivity index (χ1v) is 25.4. The normalized spacial score (nSPS) is 11.5. The van der Waals surface area contributed by atoms with E-state index in [1.54, 1.807) is 47.0 Å². The number of nitrogens with one attached hydrogen (secondary N) is 1. The molecular formula is C60H53F3N8O6. The Bertz CT molecular complexity index is 4130. The summed E-state index contributed by atoms with van der Waals surface area (Å²) in [5.41, 5.74) is 6.46. The minimum Gasteiger partial charge on any atom is -0.475 e. The molecule has 17 heteroatoms. The quantitative estimate of drug-likeness (QED) is 0.110. The number of rotatable bonds is 14. The third kappa shape index (κ3) is 10.9. The van der Waals surface area contributed by atoms with E-state index in [1.165, 1.54) is 36.4 Å². The van der Waals surface area contributed by atoms with E-state index in [-0.39, 0.29) is 34.1 Å². The summed E-state index contributed by atoms with van der Waals surface area (Å²) in [6.45, 7) is 15.0. The molecule has 0 atom stereocenters. The summed E-state index contributed by atoms with van der Waals surface area (Å²) in [6.07, 6.45) is 0. The van der Waals surface area contributed by atoms with Crippen molar-refractivity contribution in [3.8, 4) is 40.2 Å². The molecule has 14 nitrogen and oxygen atoms in total. The molecule has 0 unspecified atom stereocenters. The van der Waals surface area contributed by atoms with Gasteiger partial charge >= 0.3 is 0 Å². The summed E-state index contributed by atoms with van der Waals surface area (Å²) in [5, 5.41) is 2.50. The number of oxazole rings is 3. The first-order valence-electron chi connectivity index (χ1n) is 25.4. The molecular weight excluding hydrogens is 986 g/mol. The number of hydrogen-bond acceptors (Lipinski definition) is 12. The van der Waals surface area contributed by atoms with Gasteiger partial charge in [-0.15, -0.1) is 0 Å². The van der Waals surface area contributed by atoms with Gasteiger partial charge in [0.15, 0.2) is 33.3 Å². The third-order valence-electron chi connectivity index (χ3n) is 13.3. The minimum absolute atomic E-state index is 0.169. The minimum atomic E-state index is -0.335. The van der Waals surface area contributed by atoms with Crippen LogP contribution in [0.25, 0.3) is 100 Å². The van der Waals surface area contributed by atoms with Crippen LogP contribution in [-0.4, -0.2) is 85.2 Å². The van der Waals surface area contributed by atoms with Gasteiger partial charge in [0.05, 0.1) is 16.6 Å². The molecule has 0 spiro atoms. The van der Waals surface area contributed by atoms with Gasteiger partial charge in [-0.3, -0.25) is 9.59 Å². The molecule has 0 fully saturated rings. The van der Waals surface area contributed by atoms with Crippen LogP contribution in [0.3, 0.4) is 0 Å². The lowest BCUT2D eigenvalue weighted by Crippen LogP contribution is -2.31. The van der Waals surface area contributed by atoms with Crippen molar-refractivity contribution in [1.29, 1.82) is 0 Å². The molecule has 0 radical (unpaired) electrons. The van der Waals surface area contributed by atoms with Crippen LogP contribution in [0.5, 0.6) is 5.88 Å². The maximum atomic E-state index is 13.3. The van der Waals surface area contributed by atoms with Crippen molar-refractivity contribution in [2.45, 2.75) is 34.2 Å². The molecule has 0 bridgehead atoms. The van der Waals surface area contributed by atoms with Crippen LogP contribution in [0.2, 0.25) is 0 Å². The molecule has 390 valence electrons. The molecule has 77 heavy (non-hydrogen) atoms. The maximum absolute atomic E-state index is 13.3. The summed E-state index contributed by atoms with van der Waals surface area (Å²) >= 11 is 0. The largest absolute Gasteiger partial charge is 0.475 e. The van der Waals surface area contributed by atoms with Gasteiger partial charge < -0.3 is 37.3 Å². The van der Waals surface area contributed by atoms with Gasteiger partial charge in [0, 0.05) is 52.5 Å². The number of nitrogens with zero attached hydrogens (tertiary/aromatic N) is 7. The molecule has 6 aromatic carbocycles. The van der Waals surface area contributed by atoms with Crippen molar-refractivity contribution >= 4 is 66.0 Å². The summed E-state index contributed by atoms with van der Waals surface area (Å²) in [5.74, 6) is 0.528. The predicted molar refractivity (Wildman–Crippen MR) is 294 cm³/mol. The Morgan fingerprint density at radius 3 is 1.53 bits per heavy atom. The fourth-order valence-corrected chi connectivity index (χ4v) is 9.05. The lowest BCUT2D eigenvalue weighted by molar-refractivity contribution is 0.220. The Balaban J connectivity index is 0.000000132. The second-order valence-electron chi connectivity index (χ2n) is 17.9. The summed E-state index contributed by atoms with van der Waals surface area (Å²) in [7, 11) is 0. The van der Waals surface area contributed by atoms with E-state index in [9.17, 15) is 22.8 Å². The smallest absolute Gasteiger partial charge is 0.280 e. The second-order valence-corrected chi connectivity index (χ2v) is 17.9. The van der Waals surface area contributed by atoms with E-state index in [2.05, 4.69) is 62.4 Å². The zero-order valence-corrected chi connectivity index (χ0v) is 42.7. The number of likely N-dealkylation sites (N-methyl/N-ethyl adjacent to an activating group) is 2. The third-order valence-corrected chi connectivity index (χ3v) is 13.3. The zero-order valence-electron chi connectivity index (χ0n) is 42.7. The van der Waals surface area contributed by atoms with Crippen molar-refractivity contribution in [2.24, 2.45) is 0 Å². The van der Waals surface area contributed by atoms with Gasteiger partial charge in [-0.2, -0.15) is 0 Å². The number of aromatic amines is 1. The van der Waals surface area contributed by atoms with Gasteiger partial charge in [0.2, 0.25) is 23.6 Å². The van der Waals surface area contributed by atoms with E-state index in [0.29, 0.717) is 86.7 Å². The first kappa shape index (κ1) is 51.6. The fraction of sp³-hybridized carbons (Fsp3) is 0.200. The van der Waals surface area contributed by atoms with Crippen LogP contribution in [0.15, 0.2) is 168 Å². The van der Waals surface area contributed by atoms with Crippen LogP contribution < -0.4 is 15.9 Å². The maximum Gasteiger partial charge on any atom is 0.280 e. The predicted octanol–water partition coefficient (Wildman–Crippen LogP) is 12.7. The van der Waals surface area contributed by atoms with Crippen molar-refractivity contribution in [3.63, 3.8) is 0 Å². The molecule has 12 rings (SSSR count). The zero-order chi connectivity index (χ0) is 53.6. The molecule has 0 saturated carbocycles. The van der Waals surface area contributed by atoms with E-state index >= 15 is 0 Å². The highest BCUT2D eigenvalue weighted by atomic mass is 19.1. The van der Waals surface area contributed by atoms with E-state index in [0.717, 1.165) is 66.5 Å². The van der Waals surface area contributed by atoms with Gasteiger partial charge in [-0.05, 0) is 135 Å². The number of pyridine rings is 3. The van der Waals surface area contributed by atoms with Gasteiger partial charge in [-0.25, -0.2) is 33.1 Å². The molecule has 0 amide bonds. The van der Waals surface area contributed by atoms with Crippen LogP contribution in [-0.2, 0) is 6.54 Å². The Morgan fingerprint density at radius 1 is 0.506 bits per heavy atom. The highest BCUT2D eigenvalue weighted by molar-refractivity contribution is 6.04. The topological polar surface area (TPSA) is 162 Å². The van der Waals surface area contributed by atoms with Crippen molar-refractivity contribution in [3.05, 3.63) is 184 Å². The molecule has 6 aromatic heterocycles. The number of hydrogen-bond donors (Lipinski definition) is 1. The number of benzene rings is 6. The average Bonchev–Trinajstić information content (AvgIpc) is 4.33. The standard InChI is InChI=1S/2C22H22FN3O2.C16H9FN2O2/c1-3-25(4-2)13-14-26-18-8-6-5-7-17(18)20-19(22(26)27)24-21(28-20)15-9-11-16(23)12-10-15;1-3-26(4-2)13-14-27-22-19-20(17-7-5-6-8-18(17)24-22)28-21(25-19)15-9-11-16(23)12-10-15;17-10-7-5-9(6-8-10)16-19-13-14(21-16)11-3-1-2-4-12(11)18-15(13)20/h2*5-12H,3-4,13-14H2,1-2H3;1-8H,(H,18,20). The van der Waals surface area contributed by atoms with Crippen LogP contribution in [0.1, 0.15) is 27.7 Å². The first-order chi connectivity index (χ1) is 37.5. The van der Waals surface area contributed by atoms with Gasteiger partial charge in [-0.1, -0.05) is 64.1 Å². The number of para-hydroxylation sites is 3. The van der Waals surface area contributed by atoms with Crippen molar-refractivity contribution in [1.82, 2.24) is 39.3 Å². The molecule has 6 heterocycles. The molecule has 12 aromatic rings. The Labute approximate surface area is 439 Å². The molecule has 0 aliphatic carbocycles. The Kier molecular flexibility index (Phi) is 15.3. The van der Waals surface area contributed by atoms with E-state index in [4.69, 9.17) is 18.0 Å². The monoisotopic (exact) mass is 1040 g/mol. The molecule has 0 aliphatic heterocycles.